The zero-order valence-electron chi connectivity index (χ0n) is 30.6. The molecule has 2 aromatic carbocycles. The maximum absolute atomic E-state index is 14.0. The summed E-state index contributed by atoms with van der Waals surface area (Å²) in [4.78, 5) is 80.5. The van der Waals surface area contributed by atoms with Crippen molar-refractivity contribution in [2.24, 2.45) is 0 Å². The minimum absolute atomic E-state index is 0.0386. The quantitative estimate of drug-likeness (QED) is 0.247. The third-order valence-electron chi connectivity index (χ3n) is 8.57. The van der Waals surface area contributed by atoms with E-state index in [1.54, 1.807) is 51.1 Å². The molecule has 0 aliphatic carbocycles. The van der Waals surface area contributed by atoms with Gasteiger partial charge in [-0.1, -0.05) is 41.9 Å². The number of halogens is 4. The molecule has 4 amide bonds. The average molecular weight is 805 g/mol. The number of carbonyl (C=O) groups is 6. The van der Waals surface area contributed by atoms with Crippen LogP contribution in [0.3, 0.4) is 0 Å². The van der Waals surface area contributed by atoms with Crippen molar-refractivity contribution in [1.29, 1.82) is 0 Å². The van der Waals surface area contributed by atoms with E-state index in [4.69, 9.17) is 25.8 Å². The molecule has 2 saturated heterocycles. The van der Waals surface area contributed by atoms with Crippen LogP contribution >= 0.6 is 11.6 Å². The Balaban J connectivity index is 1.34. The van der Waals surface area contributed by atoms with E-state index in [9.17, 15) is 41.9 Å². The van der Waals surface area contributed by atoms with E-state index >= 15 is 0 Å². The number of nitrogens with one attached hydrogen (secondary N) is 2. The second kappa shape index (κ2) is 17.4. The van der Waals surface area contributed by atoms with Crippen LogP contribution < -0.4 is 15.4 Å². The lowest BCUT2D eigenvalue weighted by atomic mass is 10.0. The third kappa shape index (κ3) is 10.8. The van der Waals surface area contributed by atoms with E-state index in [0.717, 1.165) is 14.7 Å². The first kappa shape index (κ1) is 41.5. The lowest BCUT2D eigenvalue weighted by molar-refractivity contribution is -0.176. The van der Waals surface area contributed by atoms with Gasteiger partial charge in [0.25, 0.3) is 5.91 Å². The van der Waals surface area contributed by atoms with E-state index in [-0.39, 0.29) is 44.5 Å². The molecule has 0 saturated carbocycles. The van der Waals surface area contributed by atoms with Gasteiger partial charge >= 0.3 is 18.2 Å². The zero-order valence-corrected chi connectivity index (χ0v) is 31.4. The van der Waals surface area contributed by atoms with Gasteiger partial charge in [0.05, 0.1) is 12.1 Å². The number of ketones is 1. The highest BCUT2D eigenvalue weighted by Crippen LogP contribution is 2.32. The van der Waals surface area contributed by atoms with Gasteiger partial charge in [0.15, 0.2) is 18.1 Å². The van der Waals surface area contributed by atoms with E-state index in [2.05, 4.69) is 15.7 Å². The number of carbonyl (C=O) groups excluding carboxylic acids is 6. The first-order valence-electron chi connectivity index (χ1n) is 17.6. The summed E-state index contributed by atoms with van der Waals surface area (Å²) in [7, 11) is 0. The molecule has 0 bridgehead atoms. The molecule has 2 N–H and O–H groups in total. The number of fused-ring (bicyclic) bond motifs is 1. The monoisotopic (exact) mass is 804 g/mol. The molecule has 3 heterocycles. The molecule has 2 aliphatic rings. The van der Waals surface area contributed by atoms with Crippen molar-refractivity contribution in [2.75, 3.05) is 13.2 Å². The summed E-state index contributed by atoms with van der Waals surface area (Å²) in [5.41, 5.74) is -1.48. The molecule has 15 nitrogen and oxygen atoms in total. The summed E-state index contributed by atoms with van der Waals surface area (Å²) in [6.45, 7) is 3.82. The van der Waals surface area contributed by atoms with Crippen LogP contribution in [0.2, 0.25) is 5.02 Å². The van der Waals surface area contributed by atoms with Crippen molar-refractivity contribution < 1.29 is 56.1 Å². The van der Waals surface area contributed by atoms with Gasteiger partial charge in [-0.2, -0.15) is 18.3 Å². The van der Waals surface area contributed by atoms with E-state index in [1.165, 1.54) is 24.3 Å². The van der Waals surface area contributed by atoms with Gasteiger partial charge in [0, 0.05) is 24.1 Å². The average Bonchev–Trinajstić information content (AvgIpc) is 3.54. The van der Waals surface area contributed by atoms with Gasteiger partial charge in [0.1, 0.15) is 30.3 Å². The molecule has 0 radical (unpaired) electrons. The number of hydrazine groups is 1. The normalized spacial score (nSPS) is 18.0. The summed E-state index contributed by atoms with van der Waals surface area (Å²) in [6.07, 6.45) is -6.40. The van der Waals surface area contributed by atoms with Crippen LogP contribution in [0.4, 0.5) is 18.0 Å². The van der Waals surface area contributed by atoms with Gasteiger partial charge in [-0.15, -0.1) is 0 Å². The lowest BCUT2D eigenvalue weighted by Gasteiger charge is -2.43. The molecule has 1 aromatic heterocycles. The number of nitrogens with zero attached hydrogens (tertiary/aromatic N) is 4. The standard InChI is InChI=1S/C37H40ClF3N6O9/c1-36(2,3)56-32(50)18-26(28(48)21-54-31-19-29(37(39,40)41)44-46(31)24-13-11-23(38)12-14-24)42-33(51)27-10-7-17-45-30(49)16-15-25(34(52)47(27)45)43-35(53)55-20-22-8-5-4-6-9-22/h4-6,8-9,11-14,19,25-27H,7,10,15-18,20-21H2,1-3H3,(H,42,51)(H,43,53)/t25-,26-,27-/m0/s1. The Kier molecular flexibility index (Phi) is 12.9. The minimum atomic E-state index is -4.87. The fourth-order valence-electron chi connectivity index (χ4n) is 5.99. The van der Waals surface area contributed by atoms with Crippen LogP contribution in [0.15, 0.2) is 60.7 Å². The Morgan fingerprint density at radius 3 is 2.36 bits per heavy atom. The summed E-state index contributed by atoms with van der Waals surface area (Å²) >= 11 is 5.93. The van der Waals surface area contributed by atoms with Gasteiger partial charge in [-0.25, -0.2) is 14.5 Å². The number of hydrogen-bond donors (Lipinski definition) is 2. The van der Waals surface area contributed by atoms with Crippen molar-refractivity contribution in [3.63, 3.8) is 0 Å². The van der Waals surface area contributed by atoms with E-state index < -0.39 is 90.1 Å². The number of amides is 4. The highest BCUT2D eigenvalue weighted by molar-refractivity contribution is 6.30. The Labute approximate surface area is 324 Å². The molecule has 5 rings (SSSR count). The zero-order chi connectivity index (χ0) is 40.8. The van der Waals surface area contributed by atoms with Crippen molar-refractivity contribution in [3.8, 4) is 11.6 Å². The fraction of sp³-hybridized carbons (Fsp3) is 0.432. The molecule has 56 heavy (non-hydrogen) atoms. The third-order valence-corrected chi connectivity index (χ3v) is 8.82. The maximum Gasteiger partial charge on any atom is 0.435 e. The maximum atomic E-state index is 14.0. The summed E-state index contributed by atoms with van der Waals surface area (Å²) in [5, 5.41) is 10.9. The number of aromatic nitrogens is 2. The fourth-order valence-corrected chi connectivity index (χ4v) is 6.12. The summed E-state index contributed by atoms with van der Waals surface area (Å²) < 4.78 is 58.0. The Hall–Kier alpha value is -5.65. The number of alkyl carbamates (subject to hydrolysis) is 1. The summed E-state index contributed by atoms with van der Waals surface area (Å²) in [6, 6.07) is 10.7. The predicted octanol–water partition coefficient (Wildman–Crippen LogP) is 4.53. The van der Waals surface area contributed by atoms with Crippen molar-refractivity contribution in [2.45, 2.75) is 89.4 Å². The minimum Gasteiger partial charge on any atom is -0.469 e. The Morgan fingerprint density at radius 1 is 1.00 bits per heavy atom. The first-order valence-corrected chi connectivity index (χ1v) is 18.0. The predicted molar refractivity (Wildman–Crippen MR) is 191 cm³/mol. The van der Waals surface area contributed by atoms with E-state index in [1.807, 2.05) is 0 Å². The number of esters is 1. The van der Waals surface area contributed by atoms with Crippen LogP contribution in [-0.4, -0.2) is 92.2 Å². The van der Waals surface area contributed by atoms with Gasteiger partial charge in [-0.3, -0.25) is 29.0 Å². The second-order valence-electron chi connectivity index (χ2n) is 14.0. The highest BCUT2D eigenvalue weighted by atomic mass is 35.5. The number of hydrogen-bond acceptors (Lipinski definition) is 10. The number of Topliss-reactive ketones (excluding diaryl/α,β-unsaturated/α-hetero) is 1. The van der Waals surface area contributed by atoms with E-state index in [0.29, 0.717) is 16.7 Å². The van der Waals surface area contributed by atoms with Crippen molar-refractivity contribution in [1.82, 2.24) is 30.4 Å². The molecule has 2 fully saturated rings. The van der Waals surface area contributed by atoms with Crippen LogP contribution in [0.25, 0.3) is 5.69 Å². The largest absolute Gasteiger partial charge is 0.469 e. The number of alkyl halides is 3. The van der Waals surface area contributed by atoms with Crippen LogP contribution in [0.1, 0.15) is 64.1 Å². The second-order valence-corrected chi connectivity index (χ2v) is 14.5. The van der Waals surface area contributed by atoms with Crippen molar-refractivity contribution >= 4 is 47.2 Å². The first-order chi connectivity index (χ1) is 26.4. The lowest BCUT2D eigenvalue weighted by Crippen LogP contribution is -2.64. The molecule has 3 aromatic rings. The SMILES string of the molecule is CC(C)(C)OC(=O)C[C@H](NC(=O)[C@@H]1CCCN2C(=O)CC[C@H](NC(=O)OCc3ccccc3)C(=O)N12)C(=O)COc1cc(C(F)(F)F)nn1-c1ccc(Cl)cc1. The van der Waals surface area contributed by atoms with Gasteiger partial charge in [0.2, 0.25) is 17.7 Å². The molecule has 0 unspecified atom stereocenters. The molecule has 3 atom stereocenters. The Bertz CT molecular complexity index is 1940. The number of rotatable bonds is 12. The molecule has 19 heteroatoms. The van der Waals surface area contributed by atoms with Crippen LogP contribution in [0, 0.1) is 0 Å². The molecule has 300 valence electrons. The van der Waals surface area contributed by atoms with Crippen molar-refractivity contribution in [3.05, 3.63) is 76.9 Å². The van der Waals surface area contributed by atoms with Crippen LogP contribution in [0.5, 0.6) is 5.88 Å². The van der Waals surface area contributed by atoms with Crippen LogP contribution in [-0.2, 0) is 46.2 Å². The van der Waals surface area contributed by atoms with Gasteiger partial charge in [-0.05, 0) is 69.9 Å². The Morgan fingerprint density at radius 2 is 1.70 bits per heavy atom. The highest BCUT2D eigenvalue weighted by Gasteiger charge is 2.45. The smallest absolute Gasteiger partial charge is 0.435 e. The number of benzene rings is 2. The molecule has 0 spiro atoms. The summed E-state index contributed by atoms with van der Waals surface area (Å²) in [5.74, 6) is -4.49. The topological polar surface area (TPSA) is 178 Å². The molecular formula is C37H40ClF3N6O9. The molecular weight excluding hydrogens is 765 g/mol. The number of ether oxygens (including phenoxy) is 3. The van der Waals surface area contributed by atoms with Gasteiger partial charge < -0.3 is 24.8 Å². The molecule has 2 aliphatic heterocycles.